The summed E-state index contributed by atoms with van der Waals surface area (Å²) in [7, 11) is -3.44. The number of nitrogens with zero attached hydrogens (tertiary/aromatic N) is 3. The molecule has 0 saturated heterocycles. The summed E-state index contributed by atoms with van der Waals surface area (Å²) in [6.45, 7) is 2.89. The highest BCUT2D eigenvalue weighted by Gasteiger charge is 2.38. The van der Waals surface area contributed by atoms with Gasteiger partial charge in [0, 0.05) is 18.8 Å². The third kappa shape index (κ3) is 3.34. The van der Waals surface area contributed by atoms with Crippen LogP contribution in [0.4, 0.5) is 0 Å². The van der Waals surface area contributed by atoms with E-state index >= 15 is 0 Å². The lowest BCUT2D eigenvalue weighted by Gasteiger charge is -2.20. The van der Waals surface area contributed by atoms with Crippen molar-refractivity contribution in [1.29, 1.82) is 0 Å². The molecule has 0 radical (unpaired) electrons. The summed E-state index contributed by atoms with van der Waals surface area (Å²) in [5, 5.41) is 12.8. The van der Waals surface area contributed by atoms with Crippen molar-refractivity contribution in [2.45, 2.75) is 50.1 Å². The van der Waals surface area contributed by atoms with E-state index in [4.69, 9.17) is 5.11 Å². The molecular formula is C12H21N3O3S. The summed E-state index contributed by atoms with van der Waals surface area (Å²) < 4.78 is 28.2. The van der Waals surface area contributed by atoms with E-state index in [-0.39, 0.29) is 17.5 Å². The zero-order valence-electron chi connectivity index (χ0n) is 11.2. The van der Waals surface area contributed by atoms with Gasteiger partial charge in [0.05, 0.1) is 19.3 Å². The van der Waals surface area contributed by atoms with E-state index in [1.54, 1.807) is 4.31 Å². The van der Waals surface area contributed by atoms with Gasteiger partial charge >= 0.3 is 0 Å². The van der Waals surface area contributed by atoms with Crippen LogP contribution in [0.2, 0.25) is 0 Å². The Kier molecular flexibility index (Phi) is 4.59. The number of unbranched alkanes of at least 4 members (excludes halogenated alkanes) is 1. The maximum absolute atomic E-state index is 12.5. The molecule has 108 valence electrons. The molecule has 1 aliphatic carbocycles. The van der Waals surface area contributed by atoms with E-state index in [2.05, 4.69) is 12.0 Å². The fourth-order valence-corrected chi connectivity index (χ4v) is 3.69. The first-order chi connectivity index (χ1) is 9.09. The number of aliphatic hydroxyl groups excluding tert-OH is 1. The summed E-state index contributed by atoms with van der Waals surface area (Å²) in [4.78, 5) is 0.226. The molecule has 0 atom stereocenters. The Bertz CT molecular complexity index is 508. The molecule has 1 heterocycles. The molecule has 0 aliphatic heterocycles. The average molecular weight is 287 g/mol. The fraction of sp³-hybridized carbons (Fsp3) is 0.750. The van der Waals surface area contributed by atoms with Crippen molar-refractivity contribution >= 4 is 10.0 Å². The lowest BCUT2D eigenvalue weighted by atomic mass is 10.3. The van der Waals surface area contributed by atoms with E-state index in [0.717, 1.165) is 25.7 Å². The molecule has 6 nitrogen and oxygen atoms in total. The first-order valence-corrected chi connectivity index (χ1v) is 8.18. The molecule has 1 aliphatic rings. The zero-order valence-corrected chi connectivity index (χ0v) is 12.0. The van der Waals surface area contributed by atoms with Gasteiger partial charge in [-0.1, -0.05) is 13.3 Å². The van der Waals surface area contributed by atoms with Crippen molar-refractivity contribution < 1.29 is 13.5 Å². The molecule has 7 heteroatoms. The quantitative estimate of drug-likeness (QED) is 0.768. The second-order valence-corrected chi connectivity index (χ2v) is 6.75. The third-order valence-corrected chi connectivity index (χ3v) is 5.14. The molecule has 0 unspecified atom stereocenters. The van der Waals surface area contributed by atoms with Gasteiger partial charge in [-0.15, -0.1) is 0 Å². The van der Waals surface area contributed by atoms with Crippen molar-refractivity contribution in [2.75, 3.05) is 13.2 Å². The Balaban J connectivity index is 2.17. The van der Waals surface area contributed by atoms with E-state index < -0.39 is 10.0 Å². The Morgan fingerprint density at radius 3 is 2.84 bits per heavy atom. The summed E-state index contributed by atoms with van der Waals surface area (Å²) >= 11 is 0. The molecule has 1 aromatic heterocycles. The fourth-order valence-electron chi connectivity index (χ4n) is 2.01. The minimum Gasteiger partial charge on any atom is -0.394 e. The first-order valence-electron chi connectivity index (χ1n) is 6.74. The molecule has 2 rings (SSSR count). The van der Waals surface area contributed by atoms with Gasteiger partial charge < -0.3 is 5.11 Å². The largest absolute Gasteiger partial charge is 0.394 e. The van der Waals surface area contributed by atoms with Crippen LogP contribution in [-0.2, 0) is 16.6 Å². The predicted molar refractivity (Wildman–Crippen MR) is 71.1 cm³/mol. The summed E-state index contributed by atoms with van der Waals surface area (Å²) in [5.74, 6) is 0. The number of hydrogen-bond acceptors (Lipinski definition) is 4. The summed E-state index contributed by atoms with van der Waals surface area (Å²) in [6.07, 6.45) is 6.61. The average Bonchev–Trinajstić information content (AvgIpc) is 3.08. The number of aromatic nitrogens is 2. The molecule has 1 fully saturated rings. The van der Waals surface area contributed by atoms with Crippen molar-refractivity contribution in [3.05, 3.63) is 12.4 Å². The van der Waals surface area contributed by atoms with E-state index in [9.17, 15) is 8.42 Å². The van der Waals surface area contributed by atoms with Crippen LogP contribution in [0.5, 0.6) is 0 Å². The molecule has 0 spiro atoms. The van der Waals surface area contributed by atoms with Gasteiger partial charge in [0.15, 0.2) is 0 Å². The van der Waals surface area contributed by atoms with Crippen molar-refractivity contribution in [2.24, 2.45) is 0 Å². The molecule has 0 bridgehead atoms. The number of sulfonamides is 1. The van der Waals surface area contributed by atoms with Gasteiger partial charge in [0.25, 0.3) is 0 Å². The topological polar surface area (TPSA) is 75.4 Å². The number of rotatable bonds is 8. The highest BCUT2D eigenvalue weighted by atomic mass is 32.2. The maximum Gasteiger partial charge on any atom is 0.246 e. The van der Waals surface area contributed by atoms with Gasteiger partial charge in [-0.05, 0) is 19.3 Å². The van der Waals surface area contributed by atoms with Crippen LogP contribution < -0.4 is 0 Å². The van der Waals surface area contributed by atoms with Gasteiger partial charge in [0.1, 0.15) is 4.90 Å². The maximum atomic E-state index is 12.5. The van der Waals surface area contributed by atoms with Gasteiger partial charge in [-0.2, -0.15) is 9.40 Å². The standard InChI is InChI=1S/C12H21N3O3S/c1-2-3-6-15(11-4-5-11)19(17,18)12-9-13-14(10-12)7-8-16/h9-11,16H,2-8H2,1H3. The third-order valence-electron chi connectivity index (χ3n) is 3.23. The lowest BCUT2D eigenvalue weighted by Crippen LogP contribution is -2.33. The minimum atomic E-state index is -3.44. The summed E-state index contributed by atoms with van der Waals surface area (Å²) in [6, 6.07) is 0.165. The Labute approximate surface area is 114 Å². The highest BCUT2D eigenvalue weighted by Crippen LogP contribution is 2.32. The van der Waals surface area contributed by atoms with E-state index in [1.807, 2.05) is 0 Å². The van der Waals surface area contributed by atoms with Crippen molar-refractivity contribution in [1.82, 2.24) is 14.1 Å². The molecule has 0 aromatic carbocycles. The van der Waals surface area contributed by atoms with E-state index in [0.29, 0.717) is 13.1 Å². The minimum absolute atomic E-state index is 0.0522. The molecule has 1 saturated carbocycles. The van der Waals surface area contributed by atoms with Crippen LogP contribution >= 0.6 is 0 Å². The number of aliphatic hydroxyl groups is 1. The van der Waals surface area contributed by atoms with Gasteiger partial charge in [0.2, 0.25) is 10.0 Å². The first kappa shape index (κ1) is 14.5. The highest BCUT2D eigenvalue weighted by molar-refractivity contribution is 7.89. The zero-order chi connectivity index (χ0) is 13.9. The lowest BCUT2D eigenvalue weighted by molar-refractivity contribution is 0.269. The van der Waals surface area contributed by atoms with Gasteiger partial charge in [-0.25, -0.2) is 8.42 Å². The monoisotopic (exact) mass is 287 g/mol. The molecule has 1 N–H and O–H groups in total. The second kappa shape index (κ2) is 6.02. The van der Waals surface area contributed by atoms with E-state index in [1.165, 1.54) is 17.1 Å². The number of hydrogen-bond donors (Lipinski definition) is 1. The van der Waals surface area contributed by atoms with Crippen LogP contribution in [0.3, 0.4) is 0 Å². The van der Waals surface area contributed by atoms with Crippen LogP contribution in [0.25, 0.3) is 0 Å². The Morgan fingerprint density at radius 2 is 2.26 bits per heavy atom. The normalized spacial score (nSPS) is 16.2. The molecule has 19 heavy (non-hydrogen) atoms. The van der Waals surface area contributed by atoms with Crippen LogP contribution in [0.1, 0.15) is 32.6 Å². The summed E-state index contributed by atoms with van der Waals surface area (Å²) in [5.41, 5.74) is 0. The van der Waals surface area contributed by atoms with Crippen molar-refractivity contribution in [3.63, 3.8) is 0 Å². The Morgan fingerprint density at radius 1 is 1.53 bits per heavy atom. The van der Waals surface area contributed by atoms with Gasteiger partial charge in [-0.3, -0.25) is 4.68 Å². The van der Waals surface area contributed by atoms with Crippen LogP contribution in [-0.4, -0.2) is 46.8 Å². The van der Waals surface area contributed by atoms with Crippen LogP contribution in [0.15, 0.2) is 17.3 Å². The van der Waals surface area contributed by atoms with Crippen LogP contribution in [0, 0.1) is 0 Å². The molecular weight excluding hydrogens is 266 g/mol. The smallest absolute Gasteiger partial charge is 0.246 e. The predicted octanol–water partition coefficient (Wildman–Crippen LogP) is 0.829. The molecule has 1 aromatic rings. The molecule has 0 amide bonds. The van der Waals surface area contributed by atoms with Crippen molar-refractivity contribution in [3.8, 4) is 0 Å². The Hall–Kier alpha value is -0.920. The second-order valence-electron chi connectivity index (χ2n) is 4.86. The SMILES string of the molecule is CCCCN(C1CC1)S(=O)(=O)c1cnn(CCO)c1.